The largest absolute Gasteiger partial charge is 0.466 e. The second kappa shape index (κ2) is 81.5. The summed E-state index contributed by atoms with van der Waals surface area (Å²) in [5.41, 5.74) is 0. The Morgan fingerprint density at radius 2 is 0.543 bits per heavy atom. The third-order valence-corrected chi connectivity index (χ3v) is 19.9. The smallest absolute Gasteiger partial charge is 0.305 e. The van der Waals surface area contributed by atoms with Gasteiger partial charge in [0.15, 0.2) is 0 Å². The molecule has 0 aromatic carbocycles. The molecule has 0 aliphatic heterocycles. The Balaban J connectivity index is 3.38. The predicted molar refractivity (Wildman–Crippen MR) is 407 cm³/mol. The fourth-order valence-electron chi connectivity index (χ4n) is 13.5. The van der Waals surface area contributed by atoms with Gasteiger partial charge >= 0.3 is 5.97 Å². The minimum Gasteiger partial charge on any atom is -0.466 e. The molecule has 0 bridgehead atoms. The lowest BCUT2D eigenvalue weighted by Crippen LogP contribution is -2.45. The number of hydrogen-bond donors (Lipinski definition) is 3. The summed E-state index contributed by atoms with van der Waals surface area (Å²) < 4.78 is 5.50. The van der Waals surface area contributed by atoms with E-state index in [-0.39, 0.29) is 18.5 Å². The van der Waals surface area contributed by atoms with Crippen molar-refractivity contribution in [1.29, 1.82) is 0 Å². The van der Waals surface area contributed by atoms with Gasteiger partial charge < -0.3 is 20.3 Å². The number of ether oxygens (including phenoxy) is 1. The molecule has 6 nitrogen and oxygen atoms in total. The summed E-state index contributed by atoms with van der Waals surface area (Å²) in [6.45, 7) is 4.96. The van der Waals surface area contributed by atoms with E-state index in [1.165, 1.54) is 405 Å². The Hall–Kier alpha value is -1.92. The summed E-state index contributed by atoms with van der Waals surface area (Å²) >= 11 is 0. The van der Waals surface area contributed by atoms with E-state index in [2.05, 4.69) is 43.5 Å². The van der Waals surface area contributed by atoms with E-state index in [4.69, 9.17) is 4.74 Å². The van der Waals surface area contributed by atoms with Crippen molar-refractivity contribution in [1.82, 2.24) is 5.32 Å². The topological polar surface area (TPSA) is 95.9 Å². The molecule has 544 valence electrons. The first kappa shape index (κ1) is 90.1. The zero-order valence-corrected chi connectivity index (χ0v) is 62.6. The molecule has 92 heavy (non-hydrogen) atoms. The van der Waals surface area contributed by atoms with Crippen LogP contribution < -0.4 is 5.32 Å². The van der Waals surface area contributed by atoms with E-state index in [0.717, 1.165) is 44.9 Å². The quantitative estimate of drug-likeness (QED) is 0.0320. The molecule has 0 aliphatic carbocycles. The van der Waals surface area contributed by atoms with Crippen molar-refractivity contribution in [2.45, 2.75) is 488 Å². The van der Waals surface area contributed by atoms with Gasteiger partial charge in [0.2, 0.25) is 5.91 Å². The molecule has 0 saturated heterocycles. The van der Waals surface area contributed by atoms with Crippen LogP contribution in [0.25, 0.3) is 0 Å². The fraction of sp³-hybridized carbons (Fsp3) is 0.907. The number of aliphatic hydroxyl groups is 2. The predicted octanol–water partition coefficient (Wildman–Crippen LogP) is 28.2. The van der Waals surface area contributed by atoms with Crippen LogP contribution in [0.3, 0.4) is 0 Å². The monoisotopic (exact) mass is 1290 g/mol. The molecule has 0 saturated carbocycles. The van der Waals surface area contributed by atoms with Gasteiger partial charge in [-0.2, -0.15) is 0 Å². The molecule has 3 N–H and O–H groups in total. The SMILES string of the molecule is CCCCCCCCCCCCCCCCCCCCCCCCC/C=C/C(O)C(CO)NC(=O)CCCCCCCCCCCCCCCCCCC/C=C\C/C=C\CCCCCCCCCCCCCCCOC(=O)CCCCCCCCCCCCCCC. The summed E-state index contributed by atoms with van der Waals surface area (Å²) in [6.07, 6.45) is 107. The standard InChI is InChI=1S/C86H165NO5/c1-3-5-7-9-11-13-15-17-18-19-20-21-22-36-39-42-45-48-51-55-58-62-66-70-74-78-84(89)83(82-88)87-85(90)79-75-71-67-63-59-56-52-49-46-43-40-37-34-32-30-28-26-24-23-25-27-29-31-33-35-38-41-44-47-50-53-57-61-65-69-73-77-81-92-86(91)80-76-72-68-64-60-54-16-14-12-10-8-6-4-2/h23,25,29,31,74,78,83-84,88-89H,3-22,24,26-28,30,32-73,75-77,79-82H2,1-2H3,(H,87,90)/b25-23-,31-29-,78-74+. The highest BCUT2D eigenvalue weighted by atomic mass is 16.5. The third-order valence-electron chi connectivity index (χ3n) is 19.9. The molecule has 1 amide bonds. The number of aliphatic hydroxyl groups excluding tert-OH is 2. The van der Waals surface area contributed by atoms with Crippen LogP contribution in [0.15, 0.2) is 36.5 Å². The van der Waals surface area contributed by atoms with Gasteiger partial charge in [-0.3, -0.25) is 9.59 Å². The van der Waals surface area contributed by atoms with Crippen molar-refractivity contribution in [2.75, 3.05) is 13.2 Å². The van der Waals surface area contributed by atoms with Gasteiger partial charge in [0.05, 0.1) is 25.4 Å². The van der Waals surface area contributed by atoms with E-state index in [1.807, 2.05) is 6.08 Å². The molecule has 0 aromatic heterocycles. The van der Waals surface area contributed by atoms with Crippen molar-refractivity contribution in [3.05, 3.63) is 36.5 Å². The fourth-order valence-corrected chi connectivity index (χ4v) is 13.5. The summed E-state index contributed by atoms with van der Waals surface area (Å²) in [4.78, 5) is 24.6. The molecule has 0 radical (unpaired) electrons. The summed E-state index contributed by atoms with van der Waals surface area (Å²) in [5.74, 6) is -0.0388. The Morgan fingerprint density at radius 1 is 0.304 bits per heavy atom. The van der Waals surface area contributed by atoms with Gasteiger partial charge in [0.25, 0.3) is 0 Å². The zero-order chi connectivity index (χ0) is 66.3. The second-order valence-corrected chi connectivity index (χ2v) is 29.2. The number of rotatable bonds is 80. The lowest BCUT2D eigenvalue weighted by Gasteiger charge is -2.20. The van der Waals surface area contributed by atoms with Gasteiger partial charge in [-0.05, 0) is 64.2 Å². The minimum absolute atomic E-state index is 0.0209. The van der Waals surface area contributed by atoms with E-state index in [9.17, 15) is 19.8 Å². The van der Waals surface area contributed by atoms with Crippen LogP contribution in [-0.2, 0) is 14.3 Å². The molecule has 0 spiro atoms. The zero-order valence-electron chi connectivity index (χ0n) is 62.6. The maximum Gasteiger partial charge on any atom is 0.305 e. The number of nitrogens with one attached hydrogen (secondary N) is 1. The first-order valence-corrected chi connectivity index (χ1v) is 42.3. The van der Waals surface area contributed by atoms with Crippen molar-refractivity contribution in [3.63, 3.8) is 0 Å². The minimum atomic E-state index is -0.845. The number of amides is 1. The number of carbonyl (C=O) groups excluding carboxylic acids is 2. The number of allylic oxidation sites excluding steroid dienone is 5. The van der Waals surface area contributed by atoms with Crippen LogP contribution in [0.2, 0.25) is 0 Å². The van der Waals surface area contributed by atoms with Crippen LogP contribution in [0.1, 0.15) is 476 Å². The maximum absolute atomic E-state index is 12.6. The van der Waals surface area contributed by atoms with Gasteiger partial charge in [-0.1, -0.05) is 436 Å². The average molecular weight is 1290 g/mol. The molecular formula is C86H165NO5. The highest BCUT2D eigenvalue weighted by Gasteiger charge is 2.18. The summed E-state index contributed by atoms with van der Waals surface area (Å²) in [6, 6.07) is -0.628. The first-order valence-electron chi connectivity index (χ1n) is 42.3. The lowest BCUT2D eigenvalue weighted by atomic mass is 10.0. The molecule has 2 unspecified atom stereocenters. The van der Waals surface area contributed by atoms with Crippen molar-refractivity contribution in [2.24, 2.45) is 0 Å². The van der Waals surface area contributed by atoms with Crippen LogP contribution >= 0.6 is 0 Å². The molecular weight excluding hydrogens is 1130 g/mol. The highest BCUT2D eigenvalue weighted by Crippen LogP contribution is 2.20. The van der Waals surface area contributed by atoms with Gasteiger partial charge in [-0.25, -0.2) is 0 Å². The Labute approximate surface area is 576 Å². The van der Waals surface area contributed by atoms with Crippen LogP contribution in [0.4, 0.5) is 0 Å². The normalized spacial score (nSPS) is 12.6. The molecule has 6 heteroatoms. The molecule has 0 aromatic rings. The Bertz CT molecular complexity index is 1490. The van der Waals surface area contributed by atoms with Crippen molar-refractivity contribution < 1.29 is 24.5 Å². The van der Waals surface area contributed by atoms with E-state index < -0.39 is 12.1 Å². The Morgan fingerprint density at radius 3 is 0.826 bits per heavy atom. The van der Waals surface area contributed by atoms with Crippen LogP contribution in [-0.4, -0.2) is 47.4 Å². The van der Waals surface area contributed by atoms with Crippen molar-refractivity contribution >= 4 is 11.9 Å². The molecule has 0 fully saturated rings. The van der Waals surface area contributed by atoms with E-state index in [1.54, 1.807) is 6.08 Å². The van der Waals surface area contributed by atoms with Crippen LogP contribution in [0, 0.1) is 0 Å². The number of hydrogen-bond acceptors (Lipinski definition) is 5. The summed E-state index contributed by atoms with van der Waals surface area (Å²) in [5, 5.41) is 23.3. The first-order chi connectivity index (χ1) is 45.5. The van der Waals surface area contributed by atoms with Gasteiger partial charge in [-0.15, -0.1) is 0 Å². The molecule has 0 rings (SSSR count). The molecule has 0 heterocycles. The highest BCUT2D eigenvalue weighted by molar-refractivity contribution is 5.76. The number of carbonyl (C=O) groups is 2. The molecule has 2 atom stereocenters. The van der Waals surface area contributed by atoms with E-state index in [0.29, 0.717) is 19.4 Å². The second-order valence-electron chi connectivity index (χ2n) is 29.2. The third kappa shape index (κ3) is 77.1. The van der Waals surface area contributed by atoms with E-state index >= 15 is 0 Å². The lowest BCUT2D eigenvalue weighted by molar-refractivity contribution is -0.143. The maximum atomic E-state index is 12.6. The summed E-state index contributed by atoms with van der Waals surface area (Å²) in [7, 11) is 0. The van der Waals surface area contributed by atoms with Gasteiger partial charge in [0, 0.05) is 12.8 Å². The number of unbranched alkanes of at least 4 members (excludes halogenated alkanes) is 65. The van der Waals surface area contributed by atoms with Crippen LogP contribution in [0.5, 0.6) is 0 Å². The number of esters is 1. The average Bonchev–Trinajstić information content (AvgIpc) is 3.67. The Kier molecular flexibility index (Phi) is 79.8. The molecule has 0 aliphatic rings. The van der Waals surface area contributed by atoms with Gasteiger partial charge in [0.1, 0.15) is 0 Å². The van der Waals surface area contributed by atoms with Crippen molar-refractivity contribution in [3.8, 4) is 0 Å².